The molecule has 2 N–H and O–H groups in total. The van der Waals surface area contributed by atoms with Gasteiger partial charge in [-0.15, -0.1) is 0 Å². The minimum atomic E-state index is -0.794. The van der Waals surface area contributed by atoms with Gasteiger partial charge in [-0.05, 0) is 38.2 Å². The van der Waals surface area contributed by atoms with Gasteiger partial charge in [-0.2, -0.15) is 0 Å². The summed E-state index contributed by atoms with van der Waals surface area (Å²) >= 11 is 5.94. The number of hydrogen-bond donors (Lipinski definition) is 1. The van der Waals surface area contributed by atoms with Crippen LogP contribution in [0.5, 0.6) is 0 Å². The molecule has 1 amide bonds. The highest BCUT2D eigenvalue weighted by atomic mass is 35.5. The second kappa shape index (κ2) is 5.21. The van der Waals surface area contributed by atoms with Crippen molar-refractivity contribution in [3.05, 3.63) is 28.8 Å². The number of amides is 1. The lowest BCUT2D eigenvalue weighted by Gasteiger charge is -2.34. The summed E-state index contributed by atoms with van der Waals surface area (Å²) < 4.78 is 27.2. The minimum Gasteiger partial charge on any atom is -0.328 e. The summed E-state index contributed by atoms with van der Waals surface area (Å²) in [7, 11) is 0. The van der Waals surface area contributed by atoms with Crippen LogP contribution >= 0.6 is 11.6 Å². The summed E-state index contributed by atoms with van der Waals surface area (Å²) in [5, 5.41) is -0.0644. The molecule has 0 radical (unpaired) electrons. The molecule has 1 heterocycles. The average molecular weight is 315 g/mol. The van der Waals surface area contributed by atoms with E-state index in [1.165, 1.54) is 4.90 Å². The molecule has 2 fully saturated rings. The highest BCUT2D eigenvalue weighted by molar-refractivity contribution is 6.34. The van der Waals surface area contributed by atoms with Crippen LogP contribution in [-0.2, 0) is 4.79 Å². The summed E-state index contributed by atoms with van der Waals surface area (Å²) in [5.41, 5.74) is 5.44. The standard InChI is InChI=1S/C15H17ClF2N2O/c16-11-7-9(17)8-12(18)13(11)20-6-5-15(14(20)21)3-1-10(19)2-4-15/h7-8,10H,1-6,19H2. The fourth-order valence-corrected chi connectivity index (χ4v) is 3.78. The van der Waals surface area contributed by atoms with Crippen molar-refractivity contribution in [1.29, 1.82) is 0 Å². The van der Waals surface area contributed by atoms with Crippen molar-refractivity contribution < 1.29 is 13.6 Å². The molecule has 21 heavy (non-hydrogen) atoms. The maximum atomic E-state index is 14.0. The molecule has 1 aliphatic carbocycles. The number of nitrogens with two attached hydrogens (primary N) is 1. The summed E-state index contributed by atoms with van der Waals surface area (Å²) in [5.74, 6) is -1.65. The van der Waals surface area contributed by atoms with E-state index in [4.69, 9.17) is 17.3 Å². The van der Waals surface area contributed by atoms with E-state index in [1.54, 1.807) is 0 Å². The maximum absolute atomic E-state index is 14.0. The molecule has 3 rings (SSSR count). The number of halogens is 3. The minimum absolute atomic E-state index is 0.00480. The fourth-order valence-electron chi connectivity index (χ4n) is 3.48. The number of carbonyl (C=O) groups is 1. The van der Waals surface area contributed by atoms with E-state index in [-0.39, 0.29) is 22.7 Å². The normalized spacial score (nSPS) is 29.4. The molecule has 1 spiro atoms. The number of hydrogen-bond acceptors (Lipinski definition) is 2. The Morgan fingerprint density at radius 1 is 1.24 bits per heavy atom. The third-order valence-corrected chi connectivity index (χ3v) is 5.04. The Kier molecular flexibility index (Phi) is 3.66. The van der Waals surface area contributed by atoms with Gasteiger partial charge in [-0.1, -0.05) is 11.6 Å². The fraction of sp³-hybridized carbons (Fsp3) is 0.533. The summed E-state index contributed by atoms with van der Waals surface area (Å²) in [6.45, 7) is 0.413. The highest BCUT2D eigenvalue weighted by Gasteiger charge is 2.49. The largest absolute Gasteiger partial charge is 0.328 e. The quantitative estimate of drug-likeness (QED) is 0.865. The zero-order chi connectivity index (χ0) is 15.2. The Bertz CT molecular complexity index is 562. The van der Waals surface area contributed by atoms with Gasteiger partial charge in [-0.3, -0.25) is 4.79 Å². The van der Waals surface area contributed by atoms with E-state index >= 15 is 0 Å². The first kappa shape index (κ1) is 14.7. The Labute approximate surface area is 127 Å². The van der Waals surface area contributed by atoms with Crippen LogP contribution in [-0.4, -0.2) is 18.5 Å². The Hall–Kier alpha value is -1.20. The smallest absolute Gasteiger partial charge is 0.233 e. The van der Waals surface area contributed by atoms with Crippen molar-refractivity contribution in [3.63, 3.8) is 0 Å². The van der Waals surface area contributed by atoms with Crippen molar-refractivity contribution >= 4 is 23.2 Å². The molecule has 0 unspecified atom stereocenters. The van der Waals surface area contributed by atoms with Crippen LogP contribution in [0, 0.1) is 17.0 Å². The summed E-state index contributed by atoms with van der Waals surface area (Å²) in [4.78, 5) is 14.1. The number of rotatable bonds is 1. The van der Waals surface area contributed by atoms with Gasteiger partial charge in [0.25, 0.3) is 0 Å². The molecule has 1 saturated carbocycles. The number of benzene rings is 1. The predicted octanol–water partition coefficient (Wildman–Crippen LogP) is 3.24. The predicted molar refractivity (Wildman–Crippen MR) is 77.2 cm³/mol. The van der Waals surface area contributed by atoms with Gasteiger partial charge < -0.3 is 10.6 Å². The molecule has 0 bridgehead atoms. The molecule has 2 aliphatic rings. The molecular weight excluding hydrogens is 298 g/mol. The van der Waals surface area contributed by atoms with Crippen molar-refractivity contribution in [3.8, 4) is 0 Å². The van der Waals surface area contributed by atoms with Crippen LogP contribution in [0.4, 0.5) is 14.5 Å². The second-order valence-electron chi connectivity index (χ2n) is 6.04. The van der Waals surface area contributed by atoms with E-state index in [2.05, 4.69) is 0 Å². The first-order chi connectivity index (χ1) is 9.93. The molecule has 114 valence electrons. The summed E-state index contributed by atoms with van der Waals surface area (Å²) in [6.07, 6.45) is 3.73. The number of nitrogens with zero attached hydrogens (tertiary/aromatic N) is 1. The molecule has 1 aliphatic heterocycles. The molecule has 6 heteroatoms. The van der Waals surface area contributed by atoms with Gasteiger partial charge in [0.2, 0.25) is 5.91 Å². The van der Waals surface area contributed by atoms with Crippen LogP contribution in [0.15, 0.2) is 12.1 Å². The monoisotopic (exact) mass is 314 g/mol. The molecule has 0 atom stereocenters. The van der Waals surface area contributed by atoms with Gasteiger partial charge in [0.15, 0.2) is 5.82 Å². The molecule has 1 saturated heterocycles. The van der Waals surface area contributed by atoms with Gasteiger partial charge in [0, 0.05) is 18.7 Å². The average Bonchev–Trinajstić information content (AvgIpc) is 2.71. The van der Waals surface area contributed by atoms with E-state index in [0.717, 1.165) is 37.8 Å². The van der Waals surface area contributed by atoms with Crippen molar-refractivity contribution in [2.75, 3.05) is 11.4 Å². The zero-order valence-electron chi connectivity index (χ0n) is 11.5. The van der Waals surface area contributed by atoms with E-state index in [9.17, 15) is 13.6 Å². The first-order valence-corrected chi connectivity index (χ1v) is 7.53. The number of carbonyl (C=O) groups excluding carboxylic acids is 1. The van der Waals surface area contributed by atoms with Crippen LogP contribution < -0.4 is 10.6 Å². The van der Waals surface area contributed by atoms with Crippen molar-refractivity contribution in [2.45, 2.75) is 38.1 Å². The Morgan fingerprint density at radius 2 is 1.90 bits per heavy atom. The second-order valence-corrected chi connectivity index (χ2v) is 6.45. The highest BCUT2D eigenvalue weighted by Crippen LogP contribution is 2.47. The first-order valence-electron chi connectivity index (χ1n) is 7.15. The molecule has 3 nitrogen and oxygen atoms in total. The topological polar surface area (TPSA) is 46.3 Å². The summed E-state index contributed by atoms with van der Waals surface area (Å²) in [6, 6.07) is 1.94. The lowest BCUT2D eigenvalue weighted by Crippen LogP contribution is -2.40. The van der Waals surface area contributed by atoms with Gasteiger partial charge in [-0.25, -0.2) is 8.78 Å². The number of anilines is 1. The molecular formula is C15H17ClF2N2O. The lowest BCUT2D eigenvalue weighted by atomic mass is 9.71. The van der Waals surface area contributed by atoms with Crippen LogP contribution in [0.25, 0.3) is 0 Å². The van der Waals surface area contributed by atoms with Gasteiger partial charge in [0.1, 0.15) is 5.82 Å². The third-order valence-electron chi connectivity index (χ3n) is 4.75. The van der Waals surface area contributed by atoms with Crippen molar-refractivity contribution in [2.24, 2.45) is 11.1 Å². The molecule has 1 aromatic rings. The van der Waals surface area contributed by atoms with Gasteiger partial charge >= 0.3 is 0 Å². The van der Waals surface area contributed by atoms with Crippen LogP contribution in [0.2, 0.25) is 5.02 Å². The van der Waals surface area contributed by atoms with Gasteiger partial charge in [0.05, 0.1) is 16.1 Å². The van der Waals surface area contributed by atoms with E-state index in [0.29, 0.717) is 13.0 Å². The van der Waals surface area contributed by atoms with E-state index < -0.39 is 17.0 Å². The molecule has 0 aromatic heterocycles. The SMILES string of the molecule is NC1CCC2(CC1)CCN(c1c(F)cc(F)cc1Cl)C2=O. The molecule has 1 aromatic carbocycles. The van der Waals surface area contributed by atoms with Crippen LogP contribution in [0.3, 0.4) is 0 Å². The third kappa shape index (κ3) is 2.42. The van der Waals surface area contributed by atoms with E-state index in [1.807, 2.05) is 0 Å². The van der Waals surface area contributed by atoms with Crippen LogP contribution in [0.1, 0.15) is 32.1 Å². The lowest BCUT2D eigenvalue weighted by molar-refractivity contribution is -0.127. The zero-order valence-corrected chi connectivity index (χ0v) is 12.3. The maximum Gasteiger partial charge on any atom is 0.233 e. The Morgan fingerprint density at radius 3 is 2.52 bits per heavy atom. The Balaban J connectivity index is 1.91. The van der Waals surface area contributed by atoms with Crippen molar-refractivity contribution in [1.82, 2.24) is 0 Å².